The maximum Gasteiger partial charge on any atom is 0.0429 e. The number of unbranched alkanes of at least 4 members (excludes halogenated alkanes) is 6. The van der Waals surface area contributed by atoms with Gasteiger partial charge in [-0.1, -0.05) is 125 Å². The first-order chi connectivity index (χ1) is 24.7. The Hall–Kier alpha value is -4.96. The second kappa shape index (κ2) is 20.5. The molecule has 0 N–H and O–H groups in total. The molecule has 0 fully saturated rings. The predicted octanol–water partition coefficient (Wildman–Crippen LogP) is 12.0. The molecule has 4 heteroatoms. The average Bonchev–Trinajstić information content (AvgIpc) is 3.17. The molecule has 2 heterocycles. The van der Waals surface area contributed by atoms with Crippen LogP contribution in [0.15, 0.2) is 122 Å². The smallest absolute Gasteiger partial charge is 0.0429 e. The Morgan fingerprint density at radius 2 is 0.740 bits per heavy atom. The normalized spacial score (nSPS) is 11.4. The molecule has 4 nitrogen and oxygen atoms in total. The molecule has 0 radical (unpaired) electrons. The molecular weight excluding hydrogens is 609 g/mol. The fourth-order valence-electron chi connectivity index (χ4n) is 6.18. The first-order valence-corrected chi connectivity index (χ1v) is 18.6. The van der Waals surface area contributed by atoms with Crippen LogP contribution in [-0.4, -0.2) is 23.1 Å². The van der Waals surface area contributed by atoms with Crippen molar-refractivity contribution in [1.82, 2.24) is 9.97 Å². The number of pyridine rings is 2. The number of benzene rings is 3. The van der Waals surface area contributed by atoms with Crippen molar-refractivity contribution in [2.75, 3.05) is 22.9 Å². The van der Waals surface area contributed by atoms with Gasteiger partial charge in [-0.2, -0.15) is 0 Å². The van der Waals surface area contributed by atoms with E-state index >= 15 is 0 Å². The topological polar surface area (TPSA) is 32.3 Å². The van der Waals surface area contributed by atoms with Gasteiger partial charge in [0.05, 0.1) is 0 Å². The molecule has 50 heavy (non-hydrogen) atoms. The van der Waals surface area contributed by atoms with Crippen molar-refractivity contribution in [3.8, 4) is 0 Å². The summed E-state index contributed by atoms with van der Waals surface area (Å²) in [6, 6.07) is 35.5. The highest BCUT2D eigenvalue weighted by atomic mass is 15.1. The monoisotopic (exact) mass is 662 g/mol. The molecule has 0 atom stereocenters. The van der Waals surface area contributed by atoms with Gasteiger partial charge in [-0.05, 0) is 94.8 Å². The molecule has 0 unspecified atom stereocenters. The number of hydrogen-bond donors (Lipinski definition) is 0. The molecule has 0 spiro atoms. The van der Waals surface area contributed by atoms with Gasteiger partial charge in [0.2, 0.25) is 0 Å². The van der Waals surface area contributed by atoms with Gasteiger partial charge < -0.3 is 9.80 Å². The lowest BCUT2D eigenvalue weighted by atomic mass is 10.1. The lowest BCUT2D eigenvalue weighted by Crippen LogP contribution is -2.25. The number of nitrogens with zero attached hydrogens (tertiary/aromatic N) is 4. The van der Waals surface area contributed by atoms with Crippen LogP contribution in [0.5, 0.6) is 0 Å². The van der Waals surface area contributed by atoms with E-state index in [1.54, 1.807) is 0 Å². The zero-order valence-electron chi connectivity index (χ0n) is 30.1. The molecule has 0 saturated heterocycles. The third kappa shape index (κ3) is 12.2. The summed E-state index contributed by atoms with van der Waals surface area (Å²) in [4.78, 5) is 13.3. The van der Waals surface area contributed by atoms with Crippen LogP contribution >= 0.6 is 0 Å². The van der Waals surface area contributed by atoms with Crippen LogP contribution in [-0.2, 0) is 13.1 Å². The van der Waals surface area contributed by atoms with Crippen LogP contribution in [0.25, 0.3) is 24.3 Å². The summed E-state index contributed by atoms with van der Waals surface area (Å²) < 4.78 is 0. The fraction of sp³-hybridized carbons (Fsp3) is 0.304. The molecular formula is C46H54N4. The van der Waals surface area contributed by atoms with Gasteiger partial charge in [0.15, 0.2) is 0 Å². The first-order valence-electron chi connectivity index (χ1n) is 18.6. The summed E-state index contributed by atoms with van der Waals surface area (Å²) in [5.74, 6) is 0. The summed E-state index contributed by atoms with van der Waals surface area (Å²) in [6.07, 6.45) is 26.0. The highest BCUT2D eigenvalue weighted by molar-refractivity contribution is 5.71. The van der Waals surface area contributed by atoms with E-state index in [2.05, 4.69) is 131 Å². The Bertz CT molecular complexity index is 1560. The summed E-state index contributed by atoms with van der Waals surface area (Å²) in [5.41, 5.74) is 10.00. The Morgan fingerprint density at radius 3 is 1.08 bits per heavy atom. The predicted molar refractivity (Wildman–Crippen MR) is 216 cm³/mol. The van der Waals surface area contributed by atoms with Crippen molar-refractivity contribution in [2.24, 2.45) is 0 Å². The van der Waals surface area contributed by atoms with E-state index in [-0.39, 0.29) is 0 Å². The van der Waals surface area contributed by atoms with E-state index in [4.69, 9.17) is 0 Å². The SMILES string of the molecule is CCCCCCN(Cc1ccc(CN(CCCCCC)c2ccc(/C=C/c3ccncc3)cc2)cc1)c1ccc(/C=C/c2ccncc2)cc1. The largest absolute Gasteiger partial charge is 0.367 e. The standard InChI is InChI=1S/C46H54N4/c1-3-5-7-9-35-49(45-23-19-39(20-24-45)11-13-41-27-31-47-32-28-41)37-43-15-17-44(18-16-43)38-50(36-10-8-6-4-2)46-25-21-40(22-26-46)12-14-42-29-33-48-34-30-42/h11-34H,3-10,35-38H2,1-2H3/b13-11+,14-12+. The molecule has 5 rings (SSSR count). The third-order valence-corrected chi connectivity index (χ3v) is 9.20. The molecule has 0 aliphatic heterocycles. The van der Waals surface area contributed by atoms with Crippen LogP contribution in [0.3, 0.4) is 0 Å². The van der Waals surface area contributed by atoms with Crippen molar-refractivity contribution >= 4 is 35.7 Å². The van der Waals surface area contributed by atoms with Crippen LogP contribution in [0.1, 0.15) is 98.6 Å². The number of aromatic nitrogens is 2. The maximum absolute atomic E-state index is 4.12. The Labute approximate surface area is 301 Å². The van der Waals surface area contributed by atoms with E-state index in [9.17, 15) is 0 Å². The van der Waals surface area contributed by atoms with E-state index in [1.165, 1.54) is 85.0 Å². The van der Waals surface area contributed by atoms with Gasteiger partial charge in [0.25, 0.3) is 0 Å². The van der Waals surface area contributed by atoms with Gasteiger partial charge >= 0.3 is 0 Å². The minimum absolute atomic E-state index is 0.911. The highest BCUT2D eigenvalue weighted by Gasteiger charge is 2.11. The molecule has 3 aromatic carbocycles. The second-order valence-electron chi connectivity index (χ2n) is 13.2. The summed E-state index contributed by atoms with van der Waals surface area (Å²) in [5, 5.41) is 0. The van der Waals surface area contributed by atoms with E-state index in [1.807, 2.05) is 49.1 Å². The average molecular weight is 663 g/mol. The molecule has 5 aromatic rings. The van der Waals surface area contributed by atoms with Crippen molar-refractivity contribution in [3.63, 3.8) is 0 Å². The van der Waals surface area contributed by atoms with Gasteiger partial charge in [0, 0.05) is 62.3 Å². The maximum atomic E-state index is 4.12. The van der Waals surface area contributed by atoms with Crippen LogP contribution in [0.4, 0.5) is 11.4 Å². The first kappa shape index (κ1) is 36.3. The second-order valence-corrected chi connectivity index (χ2v) is 13.2. The Balaban J connectivity index is 1.24. The summed E-state index contributed by atoms with van der Waals surface area (Å²) in [6.45, 7) is 8.51. The van der Waals surface area contributed by atoms with Crippen LogP contribution in [0, 0.1) is 0 Å². The van der Waals surface area contributed by atoms with Crippen LogP contribution < -0.4 is 9.80 Å². The van der Waals surface area contributed by atoms with E-state index in [0.29, 0.717) is 0 Å². The number of anilines is 2. The quantitative estimate of drug-likeness (QED) is 0.0776. The summed E-state index contributed by atoms with van der Waals surface area (Å²) in [7, 11) is 0. The fourth-order valence-corrected chi connectivity index (χ4v) is 6.18. The zero-order valence-corrected chi connectivity index (χ0v) is 30.1. The summed E-state index contributed by atoms with van der Waals surface area (Å²) >= 11 is 0. The molecule has 0 bridgehead atoms. The molecule has 2 aromatic heterocycles. The Morgan fingerprint density at radius 1 is 0.400 bits per heavy atom. The minimum atomic E-state index is 0.911. The van der Waals surface area contributed by atoms with Crippen molar-refractivity contribution in [2.45, 2.75) is 78.3 Å². The van der Waals surface area contributed by atoms with Gasteiger partial charge in [-0.15, -0.1) is 0 Å². The third-order valence-electron chi connectivity index (χ3n) is 9.20. The molecule has 0 aliphatic carbocycles. The Kier molecular flexibility index (Phi) is 14.9. The zero-order chi connectivity index (χ0) is 34.6. The van der Waals surface area contributed by atoms with Crippen LogP contribution in [0.2, 0.25) is 0 Å². The lowest BCUT2D eigenvalue weighted by Gasteiger charge is -2.27. The minimum Gasteiger partial charge on any atom is -0.367 e. The molecule has 0 amide bonds. The lowest BCUT2D eigenvalue weighted by molar-refractivity contribution is 0.640. The van der Waals surface area contributed by atoms with Gasteiger partial charge in [-0.25, -0.2) is 0 Å². The number of hydrogen-bond acceptors (Lipinski definition) is 4. The highest BCUT2D eigenvalue weighted by Crippen LogP contribution is 2.23. The van der Waals surface area contributed by atoms with E-state index in [0.717, 1.165) is 37.3 Å². The van der Waals surface area contributed by atoms with Gasteiger partial charge in [-0.3, -0.25) is 9.97 Å². The van der Waals surface area contributed by atoms with E-state index < -0.39 is 0 Å². The molecule has 0 aliphatic rings. The molecule has 0 saturated carbocycles. The molecule has 258 valence electrons. The number of rotatable bonds is 20. The van der Waals surface area contributed by atoms with Crippen molar-refractivity contribution < 1.29 is 0 Å². The van der Waals surface area contributed by atoms with Crippen molar-refractivity contribution in [3.05, 3.63) is 155 Å². The van der Waals surface area contributed by atoms with Gasteiger partial charge in [0.1, 0.15) is 0 Å². The van der Waals surface area contributed by atoms with Crippen molar-refractivity contribution in [1.29, 1.82) is 0 Å².